The minimum atomic E-state index is -0.212. The van der Waals surface area contributed by atoms with E-state index < -0.39 is 0 Å². The van der Waals surface area contributed by atoms with E-state index in [1.165, 1.54) is 12.1 Å². The highest BCUT2D eigenvalue weighted by Gasteiger charge is 1.98. The summed E-state index contributed by atoms with van der Waals surface area (Å²) in [5.41, 5.74) is 1.03. The third-order valence-electron chi connectivity index (χ3n) is 2.19. The van der Waals surface area contributed by atoms with Crippen molar-refractivity contribution >= 4 is 43.2 Å². The van der Waals surface area contributed by atoms with Crippen molar-refractivity contribution in [3.63, 3.8) is 0 Å². The summed E-state index contributed by atoms with van der Waals surface area (Å²) in [7, 11) is 1.92. The SMILES string of the molecule is Cl.Cl.Cl.Cn1ccnc1NCc1ccc(F)cc1. The van der Waals surface area contributed by atoms with Gasteiger partial charge < -0.3 is 9.88 Å². The molecule has 0 spiro atoms. The molecule has 7 heteroatoms. The van der Waals surface area contributed by atoms with Crippen LogP contribution >= 0.6 is 37.2 Å². The highest BCUT2D eigenvalue weighted by atomic mass is 35.5. The number of rotatable bonds is 3. The Morgan fingerprint density at radius 3 is 2.28 bits per heavy atom. The van der Waals surface area contributed by atoms with Gasteiger partial charge in [-0.05, 0) is 17.7 Å². The Morgan fingerprint density at radius 2 is 1.78 bits per heavy atom. The highest BCUT2D eigenvalue weighted by molar-refractivity contribution is 5.86. The molecule has 1 N–H and O–H groups in total. The van der Waals surface area contributed by atoms with Gasteiger partial charge in [0.05, 0.1) is 0 Å². The normalized spacial score (nSPS) is 8.56. The molecular formula is C11H15Cl3FN3. The molecule has 0 radical (unpaired) electrons. The second-order valence-corrected chi connectivity index (χ2v) is 3.34. The molecule has 18 heavy (non-hydrogen) atoms. The third-order valence-corrected chi connectivity index (χ3v) is 2.19. The molecular weight excluding hydrogens is 299 g/mol. The van der Waals surface area contributed by atoms with Crippen LogP contribution in [0.4, 0.5) is 10.3 Å². The Hall–Kier alpha value is -0.970. The number of nitrogens with zero attached hydrogens (tertiary/aromatic N) is 2. The highest BCUT2D eigenvalue weighted by Crippen LogP contribution is 2.06. The fourth-order valence-corrected chi connectivity index (χ4v) is 1.32. The van der Waals surface area contributed by atoms with Crippen LogP contribution in [0.3, 0.4) is 0 Å². The molecule has 0 aliphatic carbocycles. The quantitative estimate of drug-likeness (QED) is 0.940. The number of hydrogen-bond acceptors (Lipinski definition) is 2. The minimum absolute atomic E-state index is 0. The molecule has 2 aromatic rings. The molecule has 0 bridgehead atoms. The van der Waals surface area contributed by atoms with Gasteiger partial charge in [-0.15, -0.1) is 37.2 Å². The van der Waals surface area contributed by atoms with Crippen molar-refractivity contribution in [2.45, 2.75) is 6.54 Å². The molecule has 0 aliphatic heterocycles. The number of hydrogen-bond donors (Lipinski definition) is 1. The van der Waals surface area contributed by atoms with E-state index in [1.807, 2.05) is 17.8 Å². The summed E-state index contributed by atoms with van der Waals surface area (Å²) < 4.78 is 14.5. The fraction of sp³-hybridized carbons (Fsp3) is 0.182. The van der Waals surface area contributed by atoms with Crippen LogP contribution in [0.25, 0.3) is 0 Å². The molecule has 0 aliphatic rings. The van der Waals surface area contributed by atoms with Crippen LogP contribution in [0.15, 0.2) is 36.7 Å². The van der Waals surface area contributed by atoms with Gasteiger partial charge in [-0.3, -0.25) is 0 Å². The molecule has 0 saturated heterocycles. The van der Waals surface area contributed by atoms with E-state index in [-0.39, 0.29) is 43.0 Å². The Kier molecular flexibility index (Phi) is 9.71. The lowest BCUT2D eigenvalue weighted by Gasteiger charge is -2.05. The van der Waals surface area contributed by atoms with Gasteiger partial charge in [0.15, 0.2) is 0 Å². The molecule has 2 rings (SSSR count). The number of aromatic nitrogens is 2. The average Bonchev–Trinajstić information content (AvgIpc) is 2.63. The van der Waals surface area contributed by atoms with Crippen molar-refractivity contribution < 1.29 is 4.39 Å². The molecule has 0 atom stereocenters. The zero-order valence-electron chi connectivity index (χ0n) is 9.67. The van der Waals surface area contributed by atoms with Gasteiger partial charge in [-0.25, -0.2) is 9.37 Å². The van der Waals surface area contributed by atoms with E-state index in [9.17, 15) is 4.39 Å². The van der Waals surface area contributed by atoms with Gasteiger partial charge in [-0.1, -0.05) is 12.1 Å². The summed E-state index contributed by atoms with van der Waals surface area (Å²) >= 11 is 0. The van der Waals surface area contributed by atoms with E-state index >= 15 is 0 Å². The van der Waals surface area contributed by atoms with Crippen LogP contribution in [0.1, 0.15) is 5.56 Å². The minimum Gasteiger partial charge on any atom is -0.352 e. The largest absolute Gasteiger partial charge is 0.352 e. The van der Waals surface area contributed by atoms with Crippen LogP contribution in [0, 0.1) is 5.82 Å². The van der Waals surface area contributed by atoms with E-state index in [4.69, 9.17) is 0 Å². The first-order valence-corrected chi connectivity index (χ1v) is 4.71. The lowest BCUT2D eigenvalue weighted by Crippen LogP contribution is -2.04. The average molecular weight is 315 g/mol. The zero-order valence-corrected chi connectivity index (χ0v) is 12.1. The summed E-state index contributed by atoms with van der Waals surface area (Å²) in [6, 6.07) is 6.42. The molecule has 1 heterocycles. The summed E-state index contributed by atoms with van der Waals surface area (Å²) in [4.78, 5) is 4.13. The van der Waals surface area contributed by atoms with Crippen molar-refractivity contribution in [2.24, 2.45) is 7.05 Å². The Balaban J connectivity index is 0. The third kappa shape index (κ3) is 5.12. The number of anilines is 1. The summed E-state index contributed by atoms with van der Waals surface area (Å²) in [6.45, 7) is 0.644. The van der Waals surface area contributed by atoms with E-state index in [2.05, 4.69) is 10.3 Å². The molecule has 0 amide bonds. The number of nitrogens with one attached hydrogen (secondary N) is 1. The predicted molar refractivity (Wildman–Crippen MR) is 78.7 cm³/mol. The van der Waals surface area contributed by atoms with Crippen LogP contribution in [-0.4, -0.2) is 9.55 Å². The summed E-state index contributed by atoms with van der Waals surface area (Å²) in [6.07, 6.45) is 3.60. The van der Waals surface area contributed by atoms with Gasteiger partial charge in [0, 0.05) is 26.0 Å². The van der Waals surface area contributed by atoms with Crippen molar-refractivity contribution in [2.75, 3.05) is 5.32 Å². The first-order chi connectivity index (χ1) is 7.25. The second kappa shape index (κ2) is 9.03. The molecule has 0 saturated carbocycles. The first-order valence-electron chi connectivity index (χ1n) is 4.71. The zero-order chi connectivity index (χ0) is 10.7. The van der Waals surface area contributed by atoms with Gasteiger partial charge in [-0.2, -0.15) is 0 Å². The first kappa shape index (κ1) is 19.4. The molecule has 0 fully saturated rings. The van der Waals surface area contributed by atoms with Crippen molar-refractivity contribution in [1.29, 1.82) is 0 Å². The topological polar surface area (TPSA) is 29.9 Å². The van der Waals surface area contributed by atoms with Crippen LogP contribution < -0.4 is 5.32 Å². The van der Waals surface area contributed by atoms with Crippen molar-refractivity contribution in [1.82, 2.24) is 9.55 Å². The van der Waals surface area contributed by atoms with Crippen molar-refractivity contribution in [3.05, 3.63) is 48.0 Å². The molecule has 3 nitrogen and oxygen atoms in total. The maximum absolute atomic E-state index is 12.6. The standard InChI is InChI=1S/C11H12FN3.3ClH/c1-15-7-6-13-11(15)14-8-9-2-4-10(12)5-3-9;;;/h2-7H,8H2,1H3,(H,13,14);3*1H. The van der Waals surface area contributed by atoms with Gasteiger partial charge in [0.1, 0.15) is 5.82 Å². The van der Waals surface area contributed by atoms with Crippen molar-refractivity contribution in [3.8, 4) is 0 Å². The fourth-order valence-electron chi connectivity index (χ4n) is 1.32. The number of halogens is 4. The molecule has 0 unspecified atom stereocenters. The van der Waals surface area contributed by atoms with Gasteiger partial charge >= 0.3 is 0 Å². The van der Waals surface area contributed by atoms with Gasteiger partial charge in [0.2, 0.25) is 5.95 Å². The molecule has 1 aromatic heterocycles. The monoisotopic (exact) mass is 313 g/mol. The molecule has 1 aromatic carbocycles. The van der Waals surface area contributed by atoms with E-state index in [0.717, 1.165) is 11.5 Å². The lowest BCUT2D eigenvalue weighted by atomic mass is 10.2. The summed E-state index contributed by atoms with van der Waals surface area (Å²) in [5, 5.41) is 3.16. The van der Waals surface area contributed by atoms with E-state index in [1.54, 1.807) is 18.3 Å². The summed E-state index contributed by atoms with van der Waals surface area (Å²) in [5.74, 6) is 0.593. The Bertz CT molecular complexity index is 445. The maximum atomic E-state index is 12.6. The number of aryl methyl sites for hydroxylation is 1. The maximum Gasteiger partial charge on any atom is 0.202 e. The molecule has 102 valence electrons. The van der Waals surface area contributed by atoms with Crippen LogP contribution in [0.5, 0.6) is 0 Å². The number of benzene rings is 1. The van der Waals surface area contributed by atoms with Crippen LogP contribution in [0.2, 0.25) is 0 Å². The smallest absolute Gasteiger partial charge is 0.202 e. The Labute approximate surface area is 124 Å². The van der Waals surface area contributed by atoms with Gasteiger partial charge in [0.25, 0.3) is 0 Å². The Morgan fingerprint density at radius 1 is 1.17 bits per heavy atom. The second-order valence-electron chi connectivity index (χ2n) is 3.34. The van der Waals surface area contributed by atoms with E-state index in [0.29, 0.717) is 6.54 Å². The number of imidazole rings is 1. The predicted octanol–water partition coefficient (Wildman–Crippen LogP) is 3.44. The lowest BCUT2D eigenvalue weighted by molar-refractivity contribution is 0.627. The van der Waals surface area contributed by atoms with Crippen LogP contribution in [-0.2, 0) is 13.6 Å².